The van der Waals surface area contributed by atoms with Crippen LogP contribution in [0, 0.1) is 5.82 Å². The quantitative estimate of drug-likeness (QED) is 0.801. The van der Waals surface area contributed by atoms with E-state index in [1.807, 2.05) is 0 Å². The SMILES string of the molecule is COc1cc(C(=O)NC2=NC(c3ccccc3F)CC(=O)N2)cc(OC)c1OC. The molecule has 1 unspecified atom stereocenters. The summed E-state index contributed by atoms with van der Waals surface area (Å²) in [7, 11) is 4.32. The molecular formula is C20H20FN3O5. The van der Waals surface area contributed by atoms with Crippen LogP contribution in [0.1, 0.15) is 28.4 Å². The van der Waals surface area contributed by atoms with Gasteiger partial charge < -0.3 is 14.2 Å². The maximum absolute atomic E-state index is 14.1. The van der Waals surface area contributed by atoms with Crippen molar-refractivity contribution in [2.24, 2.45) is 4.99 Å². The van der Waals surface area contributed by atoms with Gasteiger partial charge in [0.15, 0.2) is 11.5 Å². The van der Waals surface area contributed by atoms with Crippen LogP contribution in [0.4, 0.5) is 4.39 Å². The first-order valence-corrected chi connectivity index (χ1v) is 8.70. The highest BCUT2D eigenvalue weighted by atomic mass is 19.1. The number of carbonyl (C=O) groups excluding carboxylic acids is 2. The standard InChI is InChI=1S/C20H20FN3O5/c1-27-15-8-11(9-16(28-2)18(15)29-3)19(26)24-20-22-14(10-17(25)23-20)12-6-4-5-7-13(12)21/h4-9,14H,10H2,1-3H3,(H2,22,23,24,25,26). The van der Waals surface area contributed by atoms with Crippen molar-refractivity contribution in [3.8, 4) is 17.2 Å². The lowest BCUT2D eigenvalue weighted by molar-refractivity contribution is -0.120. The Hall–Kier alpha value is -3.62. The van der Waals surface area contributed by atoms with Crippen molar-refractivity contribution in [2.75, 3.05) is 21.3 Å². The highest BCUT2D eigenvalue weighted by Gasteiger charge is 2.26. The molecule has 29 heavy (non-hydrogen) atoms. The third kappa shape index (κ3) is 4.29. The summed E-state index contributed by atoms with van der Waals surface area (Å²) < 4.78 is 29.8. The van der Waals surface area contributed by atoms with E-state index in [0.29, 0.717) is 17.2 Å². The van der Waals surface area contributed by atoms with Crippen LogP contribution in [0.5, 0.6) is 17.2 Å². The Balaban J connectivity index is 1.88. The summed E-state index contributed by atoms with van der Waals surface area (Å²) in [6.07, 6.45) is -0.0233. The van der Waals surface area contributed by atoms with Crippen molar-refractivity contribution < 1.29 is 28.2 Å². The summed E-state index contributed by atoms with van der Waals surface area (Å²) in [5.41, 5.74) is 0.478. The number of hydrogen-bond donors (Lipinski definition) is 2. The van der Waals surface area contributed by atoms with Crippen LogP contribution < -0.4 is 24.8 Å². The maximum atomic E-state index is 14.1. The van der Waals surface area contributed by atoms with E-state index in [4.69, 9.17) is 14.2 Å². The van der Waals surface area contributed by atoms with Gasteiger partial charge in [0, 0.05) is 11.1 Å². The molecule has 0 aromatic heterocycles. The molecule has 0 saturated heterocycles. The number of nitrogens with zero attached hydrogens (tertiary/aromatic N) is 1. The average Bonchev–Trinajstić information content (AvgIpc) is 2.72. The molecule has 2 N–H and O–H groups in total. The van der Waals surface area contributed by atoms with Crippen molar-refractivity contribution in [3.05, 3.63) is 53.3 Å². The molecule has 0 radical (unpaired) electrons. The number of methoxy groups -OCH3 is 3. The fourth-order valence-electron chi connectivity index (χ4n) is 2.97. The minimum Gasteiger partial charge on any atom is -0.493 e. The summed E-state index contributed by atoms with van der Waals surface area (Å²) in [4.78, 5) is 29.0. The smallest absolute Gasteiger partial charge is 0.258 e. The van der Waals surface area contributed by atoms with Gasteiger partial charge in [-0.3, -0.25) is 20.2 Å². The van der Waals surface area contributed by atoms with Gasteiger partial charge in [0.25, 0.3) is 5.91 Å². The number of nitrogens with one attached hydrogen (secondary N) is 2. The zero-order valence-corrected chi connectivity index (χ0v) is 16.1. The Morgan fingerprint density at radius 1 is 1.14 bits per heavy atom. The van der Waals surface area contributed by atoms with Crippen molar-refractivity contribution in [2.45, 2.75) is 12.5 Å². The van der Waals surface area contributed by atoms with Gasteiger partial charge in [-0.1, -0.05) is 18.2 Å². The summed E-state index contributed by atoms with van der Waals surface area (Å²) >= 11 is 0. The number of benzene rings is 2. The van der Waals surface area contributed by atoms with Gasteiger partial charge >= 0.3 is 0 Å². The maximum Gasteiger partial charge on any atom is 0.258 e. The van der Waals surface area contributed by atoms with Crippen molar-refractivity contribution in [1.29, 1.82) is 0 Å². The first-order chi connectivity index (χ1) is 14.0. The van der Waals surface area contributed by atoms with Crippen LogP contribution in [0.2, 0.25) is 0 Å². The second-order valence-electron chi connectivity index (χ2n) is 6.14. The minimum absolute atomic E-state index is 0.0233. The zero-order chi connectivity index (χ0) is 21.0. The summed E-state index contributed by atoms with van der Waals surface area (Å²) in [5, 5.41) is 5.02. The number of halogens is 1. The molecule has 152 valence electrons. The Labute approximate surface area is 166 Å². The molecule has 0 spiro atoms. The van der Waals surface area contributed by atoms with E-state index in [-0.39, 0.29) is 29.4 Å². The molecule has 9 heteroatoms. The molecule has 2 aromatic rings. The number of aliphatic imine (C=N–C) groups is 1. The molecule has 2 aromatic carbocycles. The topological polar surface area (TPSA) is 98.2 Å². The third-order valence-corrected chi connectivity index (χ3v) is 4.34. The number of amides is 2. The zero-order valence-electron chi connectivity index (χ0n) is 16.1. The van der Waals surface area contributed by atoms with E-state index in [1.54, 1.807) is 18.2 Å². The Morgan fingerprint density at radius 2 is 1.79 bits per heavy atom. The predicted octanol–water partition coefficient (Wildman–Crippen LogP) is 2.20. The van der Waals surface area contributed by atoms with E-state index in [9.17, 15) is 14.0 Å². The van der Waals surface area contributed by atoms with E-state index < -0.39 is 17.8 Å². The fourth-order valence-corrected chi connectivity index (χ4v) is 2.97. The van der Waals surface area contributed by atoms with E-state index in [2.05, 4.69) is 15.6 Å². The molecular weight excluding hydrogens is 381 g/mol. The van der Waals surface area contributed by atoms with Gasteiger partial charge in [0.1, 0.15) is 5.82 Å². The van der Waals surface area contributed by atoms with Crippen molar-refractivity contribution >= 4 is 17.8 Å². The summed E-state index contributed by atoms with van der Waals surface area (Å²) in [6.45, 7) is 0. The normalized spacial score (nSPS) is 15.8. The number of guanidine groups is 1. The Morgan fingerprint density at radius 3 is 2.38 bits per heavy atom. The lowest BCUT2D eigenvalue weighted by Gasteiger charge is -2.22. The average molecular weight is 401 g/mol. The van der Waals surface area contributed by atoms with Crippen LogP contribution in [0.15, 0.2) is 41.4 Å². The molecule has 1 heterocycles. The van der Waals surface area contributed by atoms with Crippen LogP contribution >= 0.6 is 0 Å². The number of rotatable bonds is 5. The first-order valence-electron chi connectivity index (χ1n) is 8.70. The molecule has 3 rings (SSSR count). The van der Waals surface area contributed by atoms with E-state index in [0.717, 1.165) is 0 Å². The number of carbonyl (C=O) groups is 2. The molecule has 2 amide bonds. The largest absolute Gasteiger partial charge is 0.493 e. The van der Waals surface area contributed by atoms with Crippen LogP contribution in [-0.2, 0) is 4.79 Å². The van der Waals surface area contributed by atoms with Gasteiger partial charge in [-0.25, -0.2) is 9.38 Å². The lowest BCUT2D eigenvalue weighted by atomic mass is 10.0. The minimum atomic E-state index is -0.736. The van der Waals surface area contributed by atoms with E-state index in [1.165, 1.54) is 39.5 Å². The highest BCUT2D eigenvalue weighted by Crippen LogP contribution is 2.38. The second kappa shape index (κ2) is 8.59. The lowest BCUT2D eigenvalue weighted by Crippen LogP contribution is -2.47. The molecule has 8 nitrogen and oxygen atoms in total. The van der Waals surface area contributed by atoms with Crippen molar-refractivity contribution in [1.82, 2.24) is 10.6 Å². The number of ether oxygens (including phenoxy) is 3. The van der Waals surface area contributed by atoms with E-state index >= 15 is 0 Å². The molecule has 1 atom stereocenters. The van der Waals surface area contributed by atoms with Gasteiger partial charge in [-0.2, -0.15) is 0 Å². The van der Waals surface area contributed by atoms with Crippen LogP contribution in [0.25, 0.3) is 0 Å². The van der Waals surface area contributed by atoms with Gasteiger partial charge in [-0.05, 0) is 18.2 Å². The number of hydrogen-bond acceptors (Lipinski definition) is 6. The third-order valence-electron chi connectivity index (χ3n) is 4.34. The molecule has 0 aliphatic carbocycles. The van der Waals surface area contributed by atoms with Gasteiger partial charge in [0.05, 0.1) is 33.8 Å². The Kier molecular flexibility index (Phi) is 5.96. The molecule has 0 fully saturated rings. The highest BCUT2D eigenvalue weighted by molar-refractivity contribution is 6.11. The second-order valence-corrected chi connectivity index (χ2v) is 6.14. The first kappa shape index (κ1) is 20.1. The molecule has 1 aliphatic rings. The molecule has 0 bridgehead atoms. The summed E-state index contributed by atoms with van der Waals surface area (Å²) in [5.74, 6) is -0.522. The summed E-state index contributed by atoms with van der Waals surface area (Å²) in [6, 6.07) is 8.27. The van der Waals surface area contributed by atoms with Gasteiger partial charge in [0.2, 0.25) is 17.6 Å². The molecule has 0 saturated carbocycles. The van der Waals surface area contributed by atoms with Crippen LogP contribution in [-0.4, -0.2) is 39.1 Å². The van der Waals surface area contributed by atoms with Crippen LogP contribution in [0.3, 0.4) is 0 Å². The monoisotopic (exact) mass is 401 g/mol. The predicted molar refractivity (Wildman–Crippen MR) is 103 cm³/mol. The molecule has 1 aliphatic heterocycles. The fraction of sp³-hybridized carbons (Fsp3) is 0.250. The van der Waals surface area contributed by atoms with Gasteiger partial charge in [-0.15, -0.1) is 0 Å². The van der Waals surface area contributed by atoms with Crippen molar-refractivity contribution in [3.63, 3.8) is 0 Å². The Bertz CT molecular complexity index is 951.